The molecule has 0 unspecified atom stereocenters. The molecule has 2 heterocycles. The summed E-state index contributed by atoms with van der Waals surface area (Å²) < 4.78 is 2.46. The predicted molar refractivity (Wildman–Crippen MR) is 211 cm³/mol. The second-order valence-corrected chi connectivity index (χ2v) is 15.2. The second-order valence-electron chi connectivity index (χ2n) is 15.2. The van der Waals surface area contributed by atoms with Crippen molar-refractivity contribution in [2.24, 2.45) is 0 Å². The molecule has 0 N–H and O–H groups in total. The zero-order valence-corrected chi connectivity index (χ0v) is 29.6. The first-order chi connectivity index (χ1) is 24.7. The average molecular weight is 661 g/mol. The van der Waals surface area contributed by atoms with Crippen LogP contribution >= 0.6 is 0 Å². The first-order valence-corrected chi connectivity index (χ1v) is 17.9. The largest absolute Gasteiger partial charge is 0.309 e. The molecule has 2 aromatic heterocycles. The summed E-state index contributed by atoms with van der Waals surface area (Å²) in [7, 11) is 0. The Kier molecular flexibility index (Phi) is 7.25. The molecule has 1 aliphatic rings. The lowest BCUT2D eigenvalue weighted by atomic mass is 9.63. The SMILES string of the molecule is CC1(C)CCC(C)(C)c2cc3c(cc21)c1ccccc1n3-c1cccc(-c2cccc(-c3nc(-c4ccccc4)nc(-c4ccccc4)n3)c2)c1. The van der Waals surface area contributed by atoms with Crippen LogP contribution in [0.15, 0.2) is 146 Å². The maximum absolute atomic E-state index is 4.99. The van der Waals surface area contributed by atoms with Crippen molar-refractivity contribution in [3.63, 3.8) is 0 Å². The van der Waals surface area contributed by atoms with Crippen LogP contribution in [0.25, 0.3) is 72.8 Å². The van der Waals surface area contributed by atoms with Gasteiger partial charge in [-0.3, -0.25) is 0 Å². The summed E-state index contributed by atoms with van der Waals surface area (Å²) in [5.74, 6) is 1.97. The number of fused-ring (bicyclic) bond motifs is 4. The van der Waals surface area contributed by atoms with Crippen LogP contribution in [-0.2, 0) is 10.8 Å². The van der Waals surface area contributed by atoms with Gasteiger partial charge in [0, 0.05) is 33.2 Å². The lowest BCUT2D eigenvalue weighted by molar-refractivity contribution is 0.332. The van der Waals surface area contributed by atoms with Gasteiger partial charge in [0.1, 0.15) is 0 Å². The van der Waals surface area contributed by atoms with Crippen molar-refractivity contribution < 1.29 is 0 Å². The van der Waals surface area contributed by atoms with Crippen LogP contribution in [0.4, 0.5) is 0 Å². The molecule has 0 saturated carbocycles. The van der Waals surface area contributed by atoms with E-state index in [0.29, 0.717) is 17.5 Å². The number of aromatic nitrogens is 4. The maximum Gasteiger partial charge on any atom is 0.164 e. The Morgan fingerprint density at radius 2 is 0.902 bits per heavy atom. The average Bonchev–Trinajstić information content (AvgIpc) is 3.50. The Morgan fingerprint density at radius 3 is 1.55 bits per heavy atom. The Morgan fingerprint density at radius 1 is 0.412 bits per heavy atom. The van der Waals surface area contributed by atoms with E-state index in [0.717, 1.165) is 33.5 Å². The molecule has 0 bridgehead atoms. The molecule has 0 atom stereocenters. The van der Waals surface area contributed by atoms with Crippen molar-refractivity contribution in [1.82, 2.24) is 19.5 Å². The maximum atomic E-state index is 4.99. The topological polar surface area (TPSA) is 43.6 Å². The van der Waals surface area contributed by atoms with Crippen molar-refractivity contribution in [2.45, 2.75) is 51.4 Å². The van der Waals surface area contributed by atoms with E-state index in [1.54, 1.807) is 0 Å². The Bertz CT molecular complexity index is 2520. The van der Waals surface area contributed by atoms with Gasteiger partial charge >= 0.3 is 0 Å². The molecule has 9 rings (SSSR count). The van der Waals surface area contributed by atoms with Gasteiger partial charge in [-0.05, 0) is 82.3 Å². The summed E-state index contributed by atoms with van der Waals surface area (Å²) in [6.07, 6.45) is 2.38. The minimum Gasteiger partial charge on any atom is -0.309 e. The van der Waals surface area contributed by atoms with E-state index in [4.69, 9.17) is 15.0 Å². The molecule has 51 heavy (non-hydrogen) atoms. The van der Waals surface area contributed by atoms with Crippen LogP contribution < -0.4 is 0 Å². The van der Waals surface area contributed by atoms with Crippen LogP contribution in [0.3, 0.4) is 0 Å². The molecule has 0 fully saturated rings. The minimum absolute atomic E-state index is 0.123. The van der Waals surface area contributed by atoms with E-state index in [1.807, 2.05) is 60.7 Å². The standard InChI is InChI=1S/C47H40N4/c1-46(2)25-26-47(3,4)40-30-42-38(29-39(40)46)37-23-11-12-24-41(37)51(42)36-22-14-20-34(28-36)33-19-13-21-35(27-33)45-49-43(31-15-7-5-8-16-31)48-44(50-45)32-17-9-6-10-18-32/h5-24,27-30H,25-26H2,1-4H3. The van der Waals surface area contributed by atoms with Gasteiger partial charge in [0.2, 0.25) is 0 Å². The van der Waals surface area contributed by atoms with E-state index < -0.39 is 0 Å². The zero-order chi connectivity index (χ0) is 34.7. The third kappa shape index (κ3) is 5.43. The van der Waals surface area contributed by atoms with E-state index in [1.165, 1.54) is 45.8 Å². The molecule has 1 aliphatic carbocycles. The van der Waals surface area contributed by atoms with Crippen molar-refractivity contribution >= 4 is 21.8 Å². The normalized spacial score (nSPS) is 14.8. The van der Waals surface area contributed by atoms with Crippen molar-refractivity contribution in [3.8, 4) is 51.0 Å². The van der Waals surface area contributed by atoms with Gasteiger partial charge in [-0.15, -0.1) is 0 Å². The van der Waals surface area contributed by atoms with Gasteiger partial charge in [-0.1, -0.05) is 137 Å². The lowest BCUT2D eigenvalue weighted by Gasteiger charge is -2.42. The molecule has 4 heteroatoms. The Hall–Kier alpha value is -5.87. The lowest BCUT2D eigenvalue weighted by Crippen LogP contribution is -2.33. The summed E-state index contributed by atoms with van der Waals surface area (Å²) >= 11 is 0. The van der Waals surface area contributed by atoms with Crippen LogP contribution in [0, 0.1) is 0 Å². The van der Waals surface area contributed by atoms with E-state index in [-0.39, 0.29) is 10.8 Å². The highest BCUT2D eigenvalue weighted by Crippen LogP contribution is 2.48. The molecule has 0 amide bonds. The summed E-state index contributed by atoms with van der Waals surface area (Å²) in [5.41, 5.74) is 12.0. The first kappa shape index (κ1) is 31.1. The van der Waals surface area contributed by atoms with Gasteiger partial charge in [-0.25, -0.2) is 15.0 Å². The minimum atomic E-state index is 0.123. The fraction of sp³-hybridized carbons (Fsp3) is 0.170. The van der Waals surface area contributed by atoms with Crippen LogP contribution in [-0.4, -0.2) is 19.5 Å². The van der Waals surface area contributed by atoms with Crippen molar-refractivity contribution in [3.05, 3.63) is 157 Å². The highest BCUT2D eigenvalue weighted by molar-refractivity contribution is 6.10. The van der Waals surface area contributed by atoms with Crippen LogP contribution in [0.1, 0.15) is 51.7 Å². The molecule has 6 aromatic carbocycles. The third-order valence-corrected chi connectivity index (χ3v) is 10.9. The van der Waals surface area contributed by atoms with E-state index in [2.05, 4.69) is 117 Å². The zero-order valence-electron chi connectivity index (χ0n) is 29.6. The highest BCUT2D eigenvalue weighted by Gasteiger charge is 2.37. The molecule has 0 saturated heterocycles. The van der Waals surface area contributed by atoms with Crippen LogP contribution in [0.5, 0.6) is 0 Å². The Balaban J connectivity index is 1.18. The fourth-order valence-corrected chi connectivity index (χ4v) is 7.91. The monoisotopic (exact) mass is 660 g/mol. The quantitative estimate of drug-likeness (QED) is 0.184. The molecule has 0 spiro atoms. The van der Waals surface area contributed by atoms with E-state index in [9.17, 15) is 0 Å². The van der Waals surface area contributed by atoms with Gasteiger partial charge in [0.15, 0.2) is 17.5 Å². The highest BCUT2D eigenvalue weighted by atomic mass is 15.0. The van der Waals surface area contributed by atoms with E-state index >= 15 is 0 Å². The predicted octanol–water partition coefficient (Wildman–Crippen LogP) is 12.0. The number of benzene rings is 6. The molecule has 248 valence electrons. The number of hydrogen-bond acceptors (Lipinski definition) is 3. The summed E-state index contributed by atoms with van der Waals surface area (Å²) in [4.78, 5) is 14.9. The molecule has 4 nitrogen and oxygen atoms in total. The second kappa shape index (κ2) is 11.9. The molecular weight excluding hydrogens is 621 g/mol. The van der Waals surface area contributed by atoms with Crippen molar-refractivity contribution in [2.75, 3.05) is 0 Å². The summed E-state index contributed by atoms with van der Waals surface area (Å²) in [5, 5.41) is 2.61. The van der Waals surface area contributed by atoms with Gasteiger partial charge in [-0.2, -0.15) is 0 Å². The molecule has 8 aromatic rings. The number of nitrogens with zero attached hydrogens (tertiary/aromatic N) is 4. The van der Waals surface area contributed by atoms with Gasteiger partial charge < -0.3 is 4.57 Å². The number of para-hydroxylation sites is 1. The number of hydrogen-bond donors (Lipinski definition) is 0. The molecular formula is C47H40N4. The number of rotatable bonds is 5. The van der Waals surface area contributed by atoms with Crippen molar-refractivity contribution in [1.29, 1.82) is 0 Å². The summed E-state index contributed by atoms with van der Waals surface area (Å²) in [6, 6.07) is 51.6. The first-order valence-electron chi connectivity index (χ1n) is 17.9. The fourth-order valence-electron chi connectivity index (χ4n) is 7.91. The molecule has 0 radical (unpaired) electrons. The van der Waals surface area contributed by atoms with Crippen LogP contribution in [0.2, 0.25) is 0 Å². The van der Waals surface area contributed by atoms with Gasteiger partial charge in [0.25, 0.3) is 0 Å². The van der Waals surface area contributed by atoms with Gasteiger partial charge in [0.05, 0.1) is 11.0 Å². The smallest absolute Gasteiger partial charge is 0.164 e. The summed E-state index contributed by atoms with van der Waals surface area (Å²) in [6.45, 7) is 9.63. The molecule has 0 aliphatic heterocycles. The Labute approximate surface area is 299 Å². The third-order valence-electron chi connectivity index (χ3n) is 10.9.